The first kappa shape index (κ1) is 13.8. The highest BCUT2D eigenvalue weighted by Gasteiger charge is 2.33. The maximum Gasteiger partial charge on any atom is 0.410 e. The molecule has 106 valence electrons. The minimum Gasteiger partial charge on any atom is -0.444 e. The second-order valence-electron chi connectivity index (χ2n) is 6.14. The Morgan fingerprint density at radius 2 is 2.26 bits per heavy atom. The average Bonchev–Trinajstić information content (AvgIpc) is 2.79. The second kappa shape index (κ2) is 5.19. The van der Waals surface area contributed by atoms with E-state index in [1.54, 1.807) is 6.20 Å². The van der Waals surface area contributed by atoms with E-state index in [1.807, 2.05) is 25.7 Å². The monoisotopic (exact) mass is 266 g/mol. The van der Waals surface area contributed by atoms with Crippen molar-refractivity contribution in [2.75, 3.05) is 6.54 Å². The Kier molecular flexibility index (Phi) is 3.78. The molecule has 0 radical (unpaired) electrons. The van der Waals surface area contributed by atoms with Crippen molar-refractivity contribution < 1.29 is 9.53 Å². The summed E-state index contributed by atoms with van der Waals surface area (Å²) >= 11 is 0. The maximum absolute atomic E-state index is 12.1. The number of rotatable bonds is 1. The smallest absolute Gasteiger partial charge is 0.410 e. The van der Waals surface area contributed by atoms with E-state index >= 15 is 0 Å². The van der Waals surface area contributed by atoms with Gasteiger partial charge in [0, 0.05) is 18.5 Å². The van der Waals surface area contributed by atoms with Crippen LogP contribution in [0.2, 0.25) is 0 Å². The van der Waals surface area contributed by atoms with E-state index in [0.29, 0.717) is 12.5 Å². The number of nitrogens with one attached hydrogen (secondary N) is 1. The summed E-state index contributed by atoms with van der Waals surface area (Å²) in [5.74, 6) is 0.368. The number of carbonyl (C=O) groups excluding carboxylic acids is 1. The number of hydrogen-bond acceptors (Lipinski definition) is 4. The summed E-state index contributed by atoms with van der Waals surface area (Å²) in [6.07, 6.45) is 3.33. The summed E-state index contributed by atoms with van der Waals surface area (Å²) in [4.78, 5) is 13.9. The Hall–Kier alpha value is -1.59. The Bertz CT molecular complexity index is 424. The van der Waals surface area contributed by atoms with Gasteiger partial charge in [-0.2, -0.15) is 15.4 Å². The van der Waals surface area contributed by atoms with Gasteiger partial charge in [-0.1, -0.05) is 0 Å². The second-order valence-corrected chi connectivity index (χ2v) is 6.14. The molecule has 6 heteroatoms. The van der Waals surface area contributed by atoms with Gasteiger partial charge in [0.05, 0.1) is 11.9 Å². The van der Waals surface area contributed by atoms with Gasteiger partial charge in [0.1, 0.15) is 5.60 Å². The van der Waals surface area contributed by atoms with Crippen molar-refractivity contribution in [3.63, 3.8) is 0 Å². The van der Waals surface area contributed by atoms with E-state index in [2.05, 4.69) is 22.3 Å². The third kappa shape index (κ3) is 3.45. The highest BCUT2D eigenvalue weighted by Crippen LogP contribution is 2.30. The molecule has 1 aromatic heterocycles. The van der Waals surface area contributed by atoms with Crippen molar-refractivity contribution >= 4 is 6.09 Å². The standard InChI is InChI=1S/C13H22N4O2/c1-9-7-10(11-8-14-16-15-11)5-6-17(9)12(18)19-13(2,3)4/h8-10H,5-7H2,1-4H3,(H,14,15,16). The lowest BCUT2D eigenvalue weighted by Gasteiger charge is -2.37. The molecule has 2 heterocycles. The molecule has 2 unspecified atom stereocenters. The molecular weight excluding hydrogens is 244 g/mol. The molecule has 1 aliphatic heterocycles. The maximum atomic E-state index is 12.1. The Labute approximate surface area is 113 Å². The molecule has 19 heavy (non-hydrogen) atoms. The number of amides is 1. The quantitative estimate of drug-likeness (QED) is 0.846. The number of piperidine rings is 1. The minimum absolute atomic E-state index is 0.158. The van der Waals surface area contributed by atoms with Crippen LogP contribution in [0.15, 0.2) is 6.20 Å². The fourth-order valence-electron chi connectivity index (χ4n) is 2.44. The molecule has 0 spiro atoms. The molecule has 1 N–H and O–H groups in total. The van der Waals surface area contributed by atoms with Gasteiger partial charge in [0.15, 0.2) is 0 Å². The van der Waals surface area contributed by atoms with Crippen LogP contribution in [0.25, 0.3) is 0 Å². The Morgan fingerprint density at radius 1 is 1.53 bits per heavy atom. The number of nitrogens with zero attached hydrogens (tertiary/aromatic N) is 3. The number of ether oxygens (including phenoxy) is 1. The largest absolute Gasteiger partial charge is 0.444 e. The molecule has 1 amide bonds. The van der Waals surface area contributed by atoms with Crippen LogP contribution in [-0.4, -0.2) is 44.6 Å². The third-order valence-corrected chi connectivity index (χ3v) is 3.36. The third-order valence-electron chi connectivity index (χ3n) is 3.36. The zero-order chi connectivity index (χ0) is 14.0. The van der Waals surface area contributed by atoms with Gasteiger partial charge in [0.25, 0.3) is 0 Å². The van der Waals surface area contributed by atoms with Crippen molar-refractivity contribution in [2.45, 2.75) is 58.1 Å². The molecule has 0 aliphatic carbocycles. The van der Waals surface area contributed by atoms with Crippen LogP contribution in [-0.2, 0) is 4.74 Å². The molecule has 1 fully saturated rings. The molecule has 1 aromatic rings. The lowest BCUT2D eigenvalue weighted by molar-refractivity contribution is 0.0102. The summed E-state index contributed by atoms with van der Waals surface area (Å²) < 4.78 is 5.43. The van der Waals surface area contributed by atoms with E-state index < -0.39 is 5.60 Å². The molecular formula is C13H22N4O2. The van der Waals surface area contributed by atoms with E-state index in [-0.39, 0.29) is 12.1 Å². The van der Waals surface area contributed by atoms with Crippen molar-refractivity contribution in [1.29, 1.82) is 0 Å². The van der Waals surface area contributed by atoms with Gasteiger partial charge in [-0.05, 0) is 40.5 Å². The first-order chi connectivity index (χ1) is 8.87. The topological polar surface area (TPSA) is 71.1 Å². The number of hydrogen-bond donors (Lipinski definition) is 1. The molecule has 0 saturated carbocycles. The fourth-order valence-corrected chi connectivity index (χ4v) is 2.44. The lowest BCUT2D eigenvalue weighted by atomic mass is 9.90. The average molecular weight is 266 g/mol. The molecule has 0 aromatic carbocycles. The van der Waals surface area contributed by atoms with Crippen LogP contribution in [0.5, 0.6) is 0 Å². The van der Waals surface area contributed by atoms with Gasteiger partial charge >= 0.3 is 6.09 Å². The van der Waals surface area contributed by atoms with Gasteiger partial charge in [-0.25, -0.2) is 4.79 Å². The highest BCUT2D eigenvalue weighted by atomic mass is 16.6. The summed E-state index contributed by atoms with van der Waals surface area (Å²) in [6.45, 7) is 8.41. The van der Waals surface area contributed by atoms with Gasteiger partial charge < -0.3 is 9.64 Å². The van der Waals surface area contributed by atoms with Crippen LogP contribution in [0, 0.1) is 0 Å². The number of aromatic amines is 1. The lowest BCUT2D eigenvalue weighted by Crippen LogP contribution is -2.46. The normalized spacial score (nSPS) is 24.3. The zero-order valence-corrected chi connectivity index (χ0v) is 12.0. The molecule has 2 rings (SSSR count). The SMILES string of the molecule is CC1CC(c2cn[nH]n2)CCN1C(=O)OC(C)(C)C. The summed E-state index contributed by atoms with van der Waals surface area (Å²) in [6, 6.07) is 0.158. The van der Waals surface area contributed by atoms with E-state index in [1.165, 1.54) is 0 Å². The van der Waals surface area contributed by atoms with Crippen molar-refractivity contribution in [2.24, 2.45) is 0 Å². The zero-order valence-electron chi connectivity index (χ0n) is 12.0. The molecule has 2 atom stereocenters. The Balaban J connectivity index is 1.95. The minimum atomic E-state index is -0.445. The number of carbonyl (C=O) groups is 1. The number of likely N-dealkylation sites (tertiary alicyclic amines) is 1. The predicted molar refractivity (Wildman–Crippen MR) is 70.8 cm³/mol. The van der Waals surface area contributed by atoms with Crippen LogP contribution < -0.4 is 0 Å². The fraction of sp³-hybridized carbons (Fsp3) is 0.769. The summed E-state index contributed by atoms with van der Waals surface area (Å²) in [5, 5.41) is 10.6. The van der Waals surface area contributed by atoms with Crippen LogP contribution in [0.1, 0.15) is 52.1 Å². The first-order valence-electron chi connectivity index (χ1n) is 6.72. The van der Waals surface area contributed by atoms with Gasteiger partial charge in [0.2, 0.25) is 0 Å². The van der Waals surface area contributed by atoms with E-state index in [0.717, 1.165) is 18.5 Å². The summed E-state index contributed by atoms with van der Waals surface area (Å²) in [5.41, 5.74) is 0.537. The number of H-pyrrole nitrogens is 1. The Morgan fingerprint density at radius 3 is 2.79 bits per heavy atom. The van der Waals surface area contributed by atoms with E-state index in [9.17, 15) is 4.79 Å². The predicted octanol–water partition coefficient (Wildman–Crippen LogP) is 2.31. The van der Waals surface area contributed by atoms with Crippen LogP contribution in [0.3, 0.4) is 0 Å². The highest BCUT2D eigenvalue weighted by molar-refractivity contribution is 5.68. The summed E-state index contributed by atoms with van der Waals surface area (Å²) in [7, 11) is 0. The van der Waals surface area contributed by atoms with Crippen LogP contribution >= 0.6 is 0 Å². The van der Waals surface area contributed by atoms with E-state index in [4.69, 9.17) is 4.74 Å². The number of aromatic nitrogens is 3. The van der Waals surface area contributed by atoms with Crippen molar-refractivity contribution in [3.8, 4) is 0 Å². The molecule has 0 bridgehead atoms. The van der Waals surface area contributed by atoms with Crippen molar-refractivity contribution in [1.82, 2.24) is 20.3 Å². The first-order valence-corrected chi connectivity index (χ1v) is 6.72. The molecule has 6 nitrogen and oxygen atoms in total. The van der Waals surface area contributed by atoms with Gasteiger partial charge in [-0.15, -0.1) is 0 Å². The van der Waals surface area contributed by atoms with Gasteiger partial charge in [-0.3, -0.25) is 0 Å². The molecule has 1 aliphatic rings. The van der Waals surface area contributed by atoms with Crippen molar-refractivity contribution in [3.05, 3.63) is 11.9 Å². The molecule has 1 saturated heterocycles. The van der Waals surface area contributed by atoms with Crippen LogP contribution in [0.4, 0.5) is 4.79 Å².